The van der Waals surface area contributed by atoms with Gasteiger partial charge in [0.2, 0.25) is 0 Å². The van der Waals surface area contributed by atoms with Gasteiger partial charge in [-0.3, -0.25) is 28.0 Å². The summed E-state index contributed by atoms with van der Waals surface area (Å²) in [6, 6.07) is 1.09. The van der Waals surface area contributed by atoms with Gasteiger partial charge >= 0.3 is 18.6 Å². The van der Waals surface area contributed by atoms with Crippen LogP contribution in [0.2, 0.25) is 0 Å². The van der Waals surface area contributed by atoms with Crippen molar-refractivity contribution in [1.82, 2.24) is 29.1 Å². The Balaban J connectivity index is 1.34. The fourth-order valence-electron chi connectivity index (χ4n) is 5.03. The first kappa shape index (κ1) is 35.9. The summed E-state index contributed by atoms with van der Waals surface area (Å²) in [4.78, 5) is 50.7. The van der Waals surface area contributed by atoms with Crippen molar-refractivity contribution in [2.45, 2.75) is 75.8 Å². The molecule has 4 unspecified atom stereocenters. The molecule has 8 atom stereocenters. The molecular formula is C26H36N7O13PS. The van der Waals surface area contributed by atoms with E-state index in [4.69, 9.17) is 38.5 Å². The SMILES string of the molecule is COC1C(OP(=O)(OC[C@H]2O[C@@H](n3cnc4c(N)ncnc43)CC2O)SCOC(=O)OC(C)(C)C)[C@@H](CO)O[C@H]1n1ccc(=O)[nH]c1=O. The highest BCUT2D eigenvalue weighted by Crippen LogP contribution is 2.63. The van der Waals surface area contributed by atoms with Crippen LogP contribution >= 0.6 is 18.2 Å². The normalized spacial score (nSPS) is 27.2. The van der Waals surface area contributed by atoms with Gasteiger partial charge in [0.25, 0.3) is 5.56 Å². The molecule has 3 aromatic heterocycles. The number of carbonyl (C=O) groups excluding carboxylic acids is 1. The first-order valence-corrected chi connectivity index (χ1v) is 17.7. The van der Waals surface area contributed by atoms with Crippen molar-refractivity contribution >= 4 is 41.3 Å². The number of fused-ring (bicyclic) bond motifs is 1. The molecule has 3 aromatic rings. The molecule has 0 saturated carbocycles. The number of rotatable bonds is 12. The quantitative estimate of drug-likeness (QED) is 0.114. The van der Waals surface area contributed by atoms with Crippen LogP contribution in [0.25, 0.3) is 11.2 Å². The van der Waals surface area contributed by atoms with Gasteiger partial charge in [-0.15, -0.1) is 0 Å². The molecule has 2 fully saturated rings. The summed E-state index contributed by atoms with van der Waals surface area (Å²) in [6.45, 7) is -0.608. The highest BCUT2D eigenvalue weighted by atomic mass is 32.7. The number of ether oxygens (including phenoxy) is 5. The molecule has 0 radical (unpaired) electrons. The molecule has 5 N–H and O–H groups in total. The number of methoxy groups -OCH3 is 1. The van der Waals surface area contributed by atoms with Crippen molar-refractivity contribution < 1.29 is 52.3 Å². The Morgan fingerprint density at radius 1 is 1.19 bits per heavy atom. The Morgan fingerprint density at radius 3 is 2.65 bits per heavy atom. The first-order valence-electron chi connectivity index (χ1n) is 14.5. The van der Waals surface area contributed by atoms with Crippen LogP contribution in [-0.4, -0.2) is 108 Å². The zero-order valence-corrected chi connectivity index (χ0v) is 27.9. The molecule has 48 heavy (non-hydrogen) atoms. The molecule has 2 aliphatic heterocycles. The molecule has 0 spiro atoms. The van der Waals surface area contributed by atoms with Crippen molar-refractivity contribution in [3.8, 4) is 0 Å². The molecule has 0 aromatic carbocycles. The minimum absolute atomic E-state index is 0.0911. The van der Waals surface area contributed by atoms with Crippen molar-refractivity contribution in [3.05, 3.63) is 45.8 Å². The molecule has 5 rings (SSSR count). The number of anilines is 1. The van der Waals surface area contributed by atoms with Gasteiger partial charge in [-0.05, 0) is 20.8 Å². The van der Waals surface area contributed by atoms with Crippen molar-refractivity contribution in [3.63, 3.8) is 0 Å². The van der Waals surface area contributed by atoms with Crippen LogP contribution in [0.4, 0.5) is 10.6 Å². The van der Waals surface area contributed by atoms with Crippen LogP contribution in [-0.2, 0) is 37.3 Å². The number of aromatic amines is 1. The smallest absolute Gasteiger partial charge is 0.429 e. The lowest BCUT2D eigenvalue weighted by atomic mass is 10.1. The maximum atomic E-state index is 14.3. The fourth-order valence-corrected chi connectivity index (χ4v) is 7.82. The molecule has 0 amide bonds. The molecule has 22 heteroatoms. The minimum atomic E-state index is -4.40. The van der Waals surface area contributed by atoms with Crippen LogP contribution in [0.15, 0.2) is 34.5 Å². The summed E-state index contributed by atoms with van der Waals surface area (Å²) in [5.41, 5.74) is 4.27. The summed E-state index contributed by atoms with van der Waals surface area (Å²) < 4.78 is 56.2. The number of hydrogen-bond acceptors (Lipinski definition) is 18. The van der Waals surface area contributed by atoms with Gasteiger partial charge in [-0.25, -0.2) is 29.1 Å². The minimum Gasteiger partial charge on any atom is -0.429 e. The Kier molecular flexibility index (Phi) is 10.9. The summed E-state index contributed by atoms with van der Waals surface area (Å²) >= 11 is 0.475. The van der Waals surface area contributed by atoms with Crippen LogP contribution in [0.5, 0.6) is 0 Å². The van der Waals surface area contributed by atoms with E-state index in [2.05, 4.69) is 19.9 Å². The van der Waals surface area contributed by atoms with E-state index in [-0.39, 0.29) is 12.2 Å². The predicted octanol–water partition coefficient (Wildman–Crippen LogP) is 0.664. The number of nitrogen functional groups attached to an aromatic ring is 1. The number of nitrogens with one attached hydrogen (secondary N) is 1. The third-order valence-corrected chi connectivity index (χ3v) is 10.5. The lowest BCUT2D eigenvalue weighted by Crippen LogP contribution is -2.39. The molecular weight excluding hydrogens is 681 g/mol. The third kappa shape index (κ3) is 8.07. The highest BCUT2D eigenvalue weighted by molar-refractivity contribution is 8.55. The topological polar surface area (TPSA) is 264 Å². The second kappa shape index (κ2) is 14.6. The van der Waals surface area contributed by atoms with Gasteiger partial charge < -0.3 is 39.6 Å². The average Bonchev–Trinajstić information content (AvgIpc) is 3.70. The van der Waals surface area contributed by atoms with Gasteiger partial charge in [-0.1, -0.05) is 0 Å². The average molecular weight is 718 g/mol. The highest BCUT2D eigenvalue weighted by Gasteiger charge is 2.51. The Morgan fingerprint density at radius 2 is 1.96 bits per heavy atom. The molecule has 5 heterocycles. The van der Waals surface area contributed by atoms with Crippen LogP contribution in [0.3, 0.4) is 0 Å². The standard InChI is InChI=1S/C26H36N7O13PS/c1-26(2,3)45-25(38)41-12-48-47(39,46-19-14(8-34)44-23(20(19)40-4)32-6-5-16(36)31-24(32)37)42-9-15-13(35)7-17(43-15)33-11-30-18-21(27)28-10-29-22(18)33/h5-6,10-11,13-15,17,19-20,23,34-35H,7-9,12H2,1-4H3,(H2,27,28,29)(H,31,36,37)/t13?,14-,15-,17-,19?,20?,23-,47?/m1/s1. The Hall–Kier alpha value is -3.40. The Bertz CT molecular complexity index is 1760. The van der Waals surface area contributed by atoms with Crippen molar-refractivity contribution in [1.29, 1.82) is 0 Å². The number of nitrogens with two attached hydrogens (primary N) is 1. The van der Waals surface area contributed by atoms with Crippen LogP contribution in [0, 0.1) is 0 Å². The first-order chi connectivity index (χ1) is 22.7. The van der Waals surface area contributed by atoms with E-state index >= 15 is 0 Å². The molecule has 2 saturated heterocycles. The van der Waals surface area contributed by atoms with E-state index < -0.39 is 91.9 Å². The lowest BCUT2D eigenvalue weighted by molar-refractivity contribution is -0.0625. The summed E-state index contributed by atoms with van der Waals surface area (Å²) in [6.07, 6.45) is -4.80. The van der Waals surface area contributed by atoms with Gasteiger partial charge in [0.1, 0.15) is 48.1 Å². The number of aliphatic hydroxyl groups is 2. The second-order valence-electron chi connectivity index (χ2n) is 11.6. The van der Waals surface area contributed by atoms with E-state index in [1.165, 1.54) is 26.0 Å². The second-order valence-corrected chi connectivity index (χ2v) is 15.6. The third-order valence-electron chi connectivity index (χ3n) is 7.19. The molecule has 20 nitrogen and oxygen atoms in total. The van der Waals surface area contributed by atoms with Gasteiger partial charge in [-0.2, -0.15) is 0 Å². The van der Waals surface area contributed by atoms with E-state index in [0.29, 0.717) is 22.5 Å². The fraction of sp³-hybridized carbons (Fsp3) is 0.615. The molecule has 0 aliphatic carbocycles. The monoisotopic (exact) mass is 717 g/mol. The van der Waals surface area contributed by atoms with Crippen molar-refractivity contribution in [2.75, 3.05) is 32.0 Å². The molecule has 2 aliphatic rings. The number of aromatic nitrogens is 6. The number of hydrogen-bond donors (Lipinski definition) is 4. The Labute approximate surface area is 276 Å². The van der Waals surface area contributed by atoms with Gasteiger partial charge in [0.15, 0.2) is 23.6 Å². The zero-order chi connectivity index (χ0) is 34.8. The number of imidazole rings is 1. The van der Waals surface area contributed by atoms with Crippen molar-refractivity contribution in [2.24, 2.45) is 0 Å². The number of aliphatic hydroxyl groups excluding tert-OH is 2. The maximum Gasteiger partial charge on any atom is 0.509 e. The number of nitrogens with zero attached hydrogens (tertiary/aromatic N) is 5. The summed E-state index contributed by atoms with van der Waals surface area (Å²) in [5.74, 6) is -0.386. The predicted molar refractivity (Wildman–Crippen MR) is 166 cm³/mol. The zero-order valence-electron chi connectivity index (χ0n) is 26.2. The molecule has 0 bridgehead atoms. The van der Waals surface area contributed by atoms with Crippen LogP contribution in [0.1, 0.15) is 39.6 Å². The lowest BCUT2D eigenvalue weighted by Gasteiger charge is -2.28. The van der Waals surface area contributed by atoms with Gasteiger partial charge in [0, 0.05) is 37.2 Å². The largest absolute Gasteiger partial charge is 0.509 e. The van der Waals surface area contributed by atoms with E-state index in [1.807, 2.05) is 0 Å². The van der Waals surface area contributed by atoms with Gasteiger partial charge in [0.05, 0.1) is 25.6 Å². The summed E-state index contributed by atoms with van der Waals surface area (Å²) in [5, 5.41) is 21.0. The number of H-pyrrole nitrogens is 1. The summed E-state index contributed by atoms with van der Waals surface area (Å²) in [7, 11) is 1.28. The van der Waals surface area contributed by atoms with E-state index in [1.54, 1.807) is 25.3 Å². The van der Waals surface area contributed by atoms with E-state index in [0.717, 1.165) is 10.6 Å². The maximum absolute atomic E-state index is 14.3. The van der Waals surface area contributed by atoms with Crippen LogP contribution < -0.4 is 17.0 Å². The van der Waals surface area contributed by atoms with E-state index in [9.17, 15) is 29.2 Å². The number of carbonyl (C=O) groups is 1. The molecule has 264 valence electrons.